The normalized spacial score (nSPS) is 13.4. The second-order valence-electron chi connectivity index (χ2n) is 3.12. The molecular weight excluding hydrogens is 192 g/mol. The molecule has 0 bridgehead atoms. The van der Waals surface area contributed by atoms with E-state index in [2.05, 4.69) is 6.58 Å². The minimum atomic E-state index is 0.0189. The molecule has 1 aliphatic rings. The van der Waals surface area contributed by atoms with Gasteiger partial charge in [0.05, 0.1) is 6.61 Å². The van der Waals surface area contributed by atoms with Crippen molar-refractivity contribution >= 4 is 12.2 Å². The van der Waals surface area contributed by atoms with Crippen molar-refractivity contribution in [2.75, 3.05) is 13.4 Å². The van der Waals surface area contributed by atoms with E-state index in [1.807, 2.05) is 18.2 Å². The van der Waals surface area contributed by atoms with Gasteiger partial charge in [0.2, 0.25) is 6.79 Å². The summed E-state index contributed by atoms with van der Waals surface area (Å²) in [5.41, 5.74) is 1.92. The standard InChI is InChI=1S/C12H12O3/c1-2-9-6-11-12(15-8-14-11)7-10(9)4-3-5-13/h2-4,6-7,13H,1,5,8H2/b4-3+. The molecule has 0 aromatic heterocycles. The highest BCUT2D eigenvalue weighted by Gasteiger charge is 2.14. The quantitative estimate of drug-likeness (QED) is 0.819. The van der Waals surface area contributed by atoms with Gasteiger partial charge in [-0.05, 0) is 23.3 Å². The van der Waals surface area contributed by atoms with Crippen LogP contribution in [0.1, 0.15) is 11.1 Å². The van der Waals surface area contributed by atoms with Crippen LogP contribution >= 0.6 is 0 Å². The van der Waals surface area contributed by atoms with Crippen molar-refractivity contribution in [3.05, 3.63) is 35.9 Å². The third kappa shape index (κ3) is 1.87. The highest BCUT2D eigenvalue weighted by Crippen LogP contribution is 2.35. The van der Waals surface area contributed by atoms with Gasteiger partial charge in [0.1, 0.15) is 0 Å². The van der Waals surface area contributed by atoms with Crippen LogP contribution in [-0.4, -0.2) is 18.5 Å². The van der Waals surface area contributed by atoms with Crippen molar-refractivity contribution in [3.8, 4) is 11.5 Å². The van der Waals surface area contributed by atoms with Crippen LogP contribution in [-0.2, 0) is 0 Å². The molecule has 78 valence electrons. The lowest BCUT2D eigenvalue weighted by atomic mass is 10.1. The maximum atomic E-state index is 8.72. The Balaban J connectivity index is 2.44. The molecule has 0 spiro atoms. The van der Waals surface area contributed by atoms with E-state index >= 15 is 0 Å². The molecule has 1 heterocycles. The van der Waals surface area contributed by atoms with Gasteiger partial charge in [0, 0.05) is 0 Å². The summed E-state index contributed by atoms with van der Waals surface area (Å²) in [4.78, 5) is 0. The molecule has 0 saturated heterocycles. The van der Waals surface area contributed by atoms with Gasteiger partial charge in [-0.15, -0.1) is 0 Å². The average molecular weight is 204 g/mol. The van der Waals surface area contributed by atoms with Crippen LogP contribution in [0.5, 0.6) is 11.5 Å². The van der Waals surface area contributed by atoms with Crippen LogP contribution < -0.4 is 9.47 Å². The Morgan fingerprint density at radius 3 is 2.53 bits per heavy atom. The number of aliphatic hydroxyl groups excluding tert-OH is 1. The highest BCUT2D eigenvalue weighted by molar-refractivity contribution is 5.69. The van der Waals surface area contributed by atoms with E-state index in [1.54, 1.807) is 12.2 Å². The van der Waals surface area contributed by atoms with E-state index in [0.717, 1.165) is 22.6 Å². The molecule has 3 nitrogen and oxygen atoms in total. The maximum Gasteiger partial charge on any atom is 0.231 e. The molecule has 0 aliphatic carbocycles. The summed E-state index contributed by atoms with van der Waals surface area (Å²) in [6.07, 6.45) is 5.25. The summed E-state index contributed by atoms with van der Waals surface area (Å²) in [6.45, 7) is 4.01. The Labute approximate surface area is 88.3 Å². The fourth-order valence-corrected chi connectivity index (χ4v) is 1.47. The first kappa shape index (κ1) is 9.80. The second-order valence-corrected chi connectivity index (χ2v) is 3.12. The third-order valence-corrected chi connectivity index (χ3v) is 2.20. The lowest BCUT2D eigenvalue weighted by Gasteiger charge is -2.03. The lowest BCUT2D eigenvalue weighted by molar-refractivity contribution is 0.174. The van der Waals surface area contributed by atoms with Crippen molar-refractivity contribution in [3.63, 3.8) is 0 Å². The van der Waals surface area contributed by atoms with Crippen molar-refractivity contribution in [1.29, 1.82) is 0 Å². The van der Waals surface area contributed by atoms with Gasteiger partial charge in [0.25, 0.3) is 0 Å². The largest absolute Gasteiger partial charge is 0.454 e. The van der Waals surface area contributed by atoms with Crippen LogP contribution in [0.15, 0.2) is 24.8 Å². The molecule has 1 aromatic carbocycles. The van der Waals surface area contributed by atoms with Gasteiger partial charge in [-0.2, -0.15) is 0 Å². The second kappa shape index (κ2) is 4.19. The zero-order chi connectivity index (χ0) is 10.7. The number of benzene rings is 1. The molecule has 0 amide bonds. The summed E-state index contributed by atoms with van der Waals surface area (Å²) in [5.74, 6) is 1.48. The summed E-state index contributed by atoms with van der Waals surface area (Å²) in [6, 6.07) is 3.76. The number of aliphatic hydroxyl groups is 1. The molecule has 1 aromatic rings. The van der Waals surface area contributed by atoms with Crippen LogP contribution in [0.25, 0.3) is 12.2 Å². The van der Waals surface area contributed by atoms with Gasteiger partial charge in [-0.3, -0.25) is 0 Å². The molecule has 15 heavy (non-hydrogen) atoms. The number of rotatable bonds is 3. The first-order valence-corrected chi connectivity index (χ1v) is 4.68. The first-order valence-electron chi connectivity index (χ1n) is 4.68. The van der Waals surface area contributed by atoms with E-state index in [9.17, 15) is 0 Å². The van der Waals surface area contributed by atoms with Crippen LogP contribution in [0.3, 0.4) is 0 Å². The monoisotopic (exact) mass is 204 g/mol. The summed E-state index contributed by atoms with van der Waals surface area (Å²) in [5, 5.41) is 8.72. The molecular formula is C12H12O3. The molecule has 2 rings (SSSR count). The molecule has 0 atom stereocenters. The number of hydrogen-bond donors (Lipinski definition) is 1. The molecule has 0 fully saturated rings. The zero-order valence-electron chi connectivity index (χ0n) is 8.27. The molecule has 1 N–H and O–H groups in total. The van der Waals surface area contributed by atoms with E-state index in [1.165, 1.54) is 0 Å². The Kier molecular flexibility index (Phi) is 2.74. The van der Waals surface area contributed by atoms with Crippen LogP contribution in [0.2, 0.25) is 0 Å². The third-order valence-electron chi connectivity index (χ3n) is 2.20. The number of ether oxygens (including phenoxy) is 2. The minimum absolute atomic E-state index is 0.0189. The predicted molar refractivity (Wildman–Crippen MR) is 58.8 cm³/mol. The molecule has 1 aliphatic heterocycles. The highest BCUT2D eigenvalue weighted by atomic mass is 16.7. The van der Waals surface area contributed by atoms with Gasteiger partial charge in [0.15, 0.2) is 11.5 Å². The zero-order valence-corrected chi connectivity index (χ0v) is 8.27. The van der Waals surface area contributed by atoms with Crippen LogP contribution in [0, 0.1) is 0 Å². The Morgan fingerprint density at radius 1 is 1.27 bits per heavy atom. The Hall–Kier alpha value is -1.74. The molecule has 0 radical (unpaired) electrons. The summed E-state index contributed by atoms with van der Waals surface area (Å²) in [7, 11) is 0. The van der Waals surface area contributed by atoms with E-state index in [0.29, 0.717) is 0 Å². The number of fused-ring (bicyclic) bond motifs is 1. The lowest BCUT2D eigenvalue weighted by Crippen LogP contribution is -1.92. The molecule has 0 saturated carbocycles. The fraction of sp³-hybridized carbons (Fsp3) is 0.167. The smallest absolute Gasteiger partial charge is 0.231 e. The van der Waals surface area contributed by atoms with Gasteiger partial charge < -0.3 is 14.6 Å². The van der Waals surface area contributed by atoms with Gasteiger partial charge in [-0.25, -0.2) is 0 Å². The van der Waals surface area contributed by atoms with Crippen molar-refractivity contribution in [1.82, 2.24) is 0 Å². The van der Waals surface area contributed by atoms with Gasteiger partial charge >= 0.3 is 0 Å². The van der Waals surface area contributed by atoms with Crippen LogP contribution in [0.4, 0.5) is 0 Å². The van der Waals surface area contributed by atoms with Crippen molar-refractivity contribution < 1.29 is 14.6 Å². The Morgan fingerprint density at radius 2 is 1.93 bits per heavy atom. The fourth-order valence-electron chi connectivity index (χ4n) is 1.47. The van der Waals surface area contributed by atoms with E-state index < -0.39 is 0 Å². The van der Waals surface area contributed by atoms with Gasteiger partial charge in [-0.1, -0.05) is 24.8 Å². The Bertz CT molecular complexity index is 408. The predicted octanol–water partition coefficient (Wildman–Crippen LogP) is 2.06. The molecule has 3 heteroatoms. The van der Waals surface area contributed by atoms with Crippen molar-refractivity contribution in [2.24, 2.45) is 0 Å². The summed E-state index contributed by atoms with van der Waals surface area (Å²) >= 11 is 0. The SMILES string of the molecule is C=Cc1cc2c(cc1/C=C/CO)OCO2. The van der Waals surface area contributed by atoms with E-state index in [-0.39, 0.29) is 13.4 Å². The number of hydrogen-bond acceptors (Lipinski definition) is 3. The summed E-state index contributed by atoms with van der Waals surface area (Å²) < 4.78 is 10.5. The average Bonchev–Trinajstić information content (AvgIpc) is 2.71. The minimum Gasteiger partial charge on any atom is -0.454 e. The molecule has 0 unspecified atom stereocenters. The van der Waals surface area contributed by atoms with Crippen molar-refractivity contribution in [2.45, 2.75) is 0 Å². The topological polar surface area (TPSA) is 38.7 Å². The first-order chi connectivity index (χ1) is 7.35. The van der Waals surface area contributed by atoms with E-state index in [4.69, 9.17) is 14.6 Å². The maximum absolute atomic E-state index is 8.72.